The predicted octanol–water partition coefficient (Wildman–Crippen LogP) is 5.63. The minimum Gasteiger partial charge on any atom is -0.494 e. The van der Waals surface area contributed by atoms with Crippen LogP contribution in [0.2, 0.25) is 0 Å². The van der Waals surface area contributed by atoms with Crippen LogP contribution in [-0.2, 0) is 5.41 Å². The molecule has 2 aromatic rings. The molecule has 2 rings (SSSR count). The van der Waals surface area contributed by atoms with E-state index in [2.05, 4.69) is 28.1 Å². The first-order chi connectivity index (χ1) is 10.2. The number of ether oxygens (including phenoxy) is 1. The monoisotopic (exact) mass is 386 g/mol. The number of benzene rings is 2. The molecule has 0 heterocycles. The molecular weight excluding hydrogens is 371 g/mol. The first-order valence-electron chi connectivity index (χ1n) is 6.76. The van der Waals surface area contributed by atoms with Gasteiger partial charge in [-0.25, -0.2) is 0 Å². The van der Waals surface area contributed by atoms with E-state index in [-0.39, 0.29) is 5.41 Å². The molecule has 1 nitrogen and oxygen atoms in total. The maximum Gasteiger partial charge on any atom is 0.119 e. The molecule has 0 bridgehead atoms. The molecule has 0 fully saturated rings. The van der Waals surface area contributed by atoms with Crippen LogP contribution in [-0.4, -0.2) is 18.4 Å². The molecule has 112 valence electrons. The zero-order valence-electron chi connectivity index (χ0n) is 11.6. The molecule has 0 aliphatic rings. The lowest BCUT2D eigenvalue weighted by atomic mass is 9.81. The van der Waals surface area contributed by atoms with Crippen LogP contribution in [0.5, 0.6) is 5.75 Å². The SMILES string of the molecule is ClCC(CCl)(CCOc1ccc(Br)cc1)c1ccccc1. The van der Waals surface area contributed by atoms with Gasteiger partial charge in [0.25, 0.3) is 0 Å². The quantitative estimate of drug-likeness (QED) is 0.559. The van der Waals surface area contributed by atoms with E-state index in [4.69, 9.17) is 27.9 Å². The summed E-state index contributed by atoms with van der Waals surface area (Å²) in [5, 5.41) is 0. The van der Waals surface area contributed by atoms with Crippen molar-refractivity contribution >= 4 is 39.1 Å². The van der Waals surface area contributed by atoms with Gasteiger partial charge in [0.1, 0.15) is 5.75 Å². The van der Waals surface area contributed by atoms with Crippen LogP contribution in [0.15, 0.2) is 59.1 Å². The van der Waals surface area contributed by atoms with Gasteiger partial charge in [-0.1, -0.05) is 46.3 Å². The molecule has 0 N–H and O–H groups in total. The highest BCUT2D eigenvalue weighted by molar-refractivity contribution is 9.10. The minimum absolute atomic E-state index is 0.250. The summed E-state index contributed by atoms with van der Waals surface area (Å²) in [5.41, 5.74) is 0.911. The predicted molar refractivity (Wildman–Crippen MR) is 93.8 cm³/mol. The van der Waals surface area contributed by atoms with Crippen LogP contribution in [0.4, 0.5) is 0 Å². The van der Waals surface area contributed by atoms with Crippen molar-refractivity contribution in [3.8, 4) is 5.75 Å². The Balaban J connectivity index is 2.02. The van der Waals surface area contributed by atoms with Crippen molar-refractivity contribution in [2.45, 2.75) is 11.8 Å². The highest BCUT2D eigenvalue weighted by atomic mass is 79.9. The second-order valence-corrected chi connectivity index (χ2v) is 6.42. The normalized spacial score (nSPS) is 11.4. The molecule has 4 heteroatoms. The fourth-order valence-corrected chi connectivity index (χ4v) is 3.28. The molecule has 0 aliphatic carbocycles. The number of hydrogen-bond donors (Lipinski definition) is 0. The van der Waals surface area contributed by atoms with Crippen LogP contribution in [0.3, 0.4) is 0 Å². The van der Waals surface area contributed by atoms with Gasteiger partial charge >= 0.3 is 0 Å². The van der Waals surface area contributed by atoms with Gasteiger partial charge in [0, 0.05) is 21.6 Å². The van der Waals surface area contributed by atoms with E-state index in [9.17, 15) is 0 Å². The third kappa shape index (κ3) is 4.38. The smallest absolute Gasteiger partial charge is 0.119 e. The van der Waals surface area contributed by atoms with Gasteiger partial charge < -0.3 is 4.74 Å². The van der Waals surface area contributed by atoms with Crippen LogP contribution < -0.4 is 4.74 Å². The Morgan fingerprint density at radius 3 is 2.10 bits per heavy atom. The zero-order valence-corrected chi connectivity index (χ0v) is 14.7. The highest BCUT2D eigenvalue weighted by Crippen LogP contribution is 2.31. The summed E-state index contributed by atoms with van der Waals surface area (Å²) < 4.78 is 6.84. The van der Waals surface area contributed by atoms with Gasteiger partial charge in [-0.05, 0) is 36.2 Å². The largest absolute Gasteiger partial charge is 0.494 e. The summed E-state index contributed by atoms with van der Waals surface area (Å²) in [6.07, 6.45) is 0.778. The molecule has 0 saturated carbocycles. The van der Waals surface area contributed by atoms with Gasteiger partial charge in [0.15, 0.2) is 0 Å². The number of rotatable bonds is 7. The molecule has 0 aliphatic heterocycles. The Morgan fingerprint density at radius 1 is 0.905 bits per heavy atom. The van der Waals surface area contributed by atoms with Crippen molar-refractivity contribution in [2.24, 2.45) is 0 Å². The summed E-state index contributed by atoms with van der Waals surface area (Å²) >= 11 is 15.8. The minimum atomic E-state index is -0.250. The number of hydrogen-bond acceptors (Lipinski definition) is 1. The van der Waals surface area contributed by atoms with Crippen LogP contribution in [0.25, 0.3) is 0 Å². The van der Waals surface area contributed by atoms with Crippen LogP contribution in [0, 0.1) is 0 Å². The summed E-state index contributed by atoms with van der Waals surface area (Å²) in [4.78, 5) is 0. The molecule has 0 aromatic heterocycles. The summed E-state index contributed by atoms with van der Waals surface area (Å²) in [6.45, 7) is 0.579. The van der Waals surface area contributed by atoms with Gasteiger partial charge in [-0.15, -0.1) is 23.2 Å². The van der Waals surface area contributed by atoms with E-state index in [1.54, 1.807) is 0 Å². The fraction of sp³-hybridized carbons (Fsp3) is 0.294. The van der Waals surface area contributed by atoms with E-state index < -0.39 is 0 Å². The van der Waals surface area contributed by atoms with Crippen LogP contribution >= 0.6 is 39.1 Å². The molecule has 0 unspecified atom stereocenters. The summed E-state index contributed by atoms with van der Waals surface area (Å²) in [5.74, 6) is 1.80. The van der Waals surface area contributed by atoms with Crippen molar-refractivity contribution < 1.29 is 4.74 Å². The molecule has 21 heavy (non-hydrogen) atoms. The van der Waals surface area contributed by atoms with Gasteiger partial charge in [0.05, 0.1) is 6.61 Å². The Labute approximate surface area is 144 Å². The van der Waals surface area contributed by atoms with Crippen LogP contribution in [0.1, 0.15) is 12.0 Å². The lowest BCUT2D eigenvalue weighted by Gasteiger charge is -2.30. The van der Waals surface area contributed by atoms with Gasteiger partial charge in [-0.3, -0.25) is 0 Å². The Bertz CT molecular complexity index is 538. The lowest BCUT2D eigenvalue weighted by Crippen LogP contribution is -2.32. The number of alkyl halides is 2. The van der Waals surface area contributed by atoms with E-state index in [1.165, 1.54) is 0 Å². The van der Waals surface area contributed by atoms with Crippen molar-refractivity contribution in [1.82, 2.24) is 0 Å². The topological polar surface area (TPSA) is 9.23 Å². The zero-order chi connectivity index (χ0) is 15.1. The second-order valence-electron chi connectivity index (χ2n) is 4.97. The average Bonchev–Trinajstić information content (AvgIpc) is 2.55. The molecular formula is C17H17BrCl2O. The maximum atomic E-state index is 6.22. The highest BCUT2D eigenvalue weighted by Gasteiger charge is 2.30. The summed E-state index contributed by atoms with van der Waals surface area (Å²) in [7, 11) is 0. The third-order valence-electron chi connectivity index (χ3n) is 3.56. The van der Waals surface area contributed by atoms with E-state index in [0.29, 0.717) is 18.4 Å². The van der Waals surface area contributed by atoms with Crippen molar-refractivity contribution in [1.29, 1.82) is 0 Å². The molecule has 0 atom stereocenters. The first-order valence-corrected chi connectivity index (χ1v) is 8.62. The number of halogens is 3. The average molecular weight is 388 g/mol. The Kier molecular flexibility index (Phi) is 6.40. The van der Waals surface area contributed by atoms with Gasteiger partial charge in [-0.2, -0.15) is 0 Å². The van der Waals surface area contributed by atoms with Gasteiger partial charge in [0.2, 0.25) is 0 Å². The molecule has 0 spiro atoms. The van der Waals surface area contributed by atoms with E-state index in [0.717, 1.165) is 22.2 Å². The van der Waals surface area contributed by atoms with E-state index >= 15 is 0 Å². The Hall–Kier alpha value is -0.700. The molecule has 0 radical (unpaired) electrons. The third-order valence-corrected chi connectivity index (χ3v) is 5.11. The molecule has 0 amide bonds. The van der Waals surface area contributed by atoms with Crippen molar-refractivity contribution in [3.05, 3.63) is 64.6 Å². The standard InChI is InChI=1S/C17H17BrCl2O/c18-15-6-8-16(9-7-15)21-11-10-17(12-19,13-20)14-4-2-1-3-5-14/h1-9H,10-13H2. The molecule has 0 saturated heterocycles. The lowest BCUT2D eigenvalue weighted by molar-refractivity contribution is 0.275. The second kappa shape index (κ2) is 8.07. The van der Waals surface area contributed by atoms with Crippen molar-refractivity contribution in [3.63, 3.8) is 0 Å². The molecule has 2 aromatic carbocycles. The summed E-state index contributed by atoms with van der Waals surface area (Å²) in [6, 6.07) is 18.0. The van der Waals surface area contributed by atoms with E-state index in [1.807, 2.05) is 42.5 Å². The fourth-order valence-electron chi connectivity index (χ4n) is 2.15. The Morgan fingerprint density at radius 2 is 1.52 bits per heavy atom. The maximum absolute atomic E-state index is 6.22. The first kappa shape index (κ1) is 16.7. The van der Waals surface area contributed by atoms with Crippen molar-refractivity contribution in [2.75, 3.05) is 18.4 Å².